The van der Waals surface area contributed by atoms with E-state index in [-0.39, 0.29) is 6.61 Å². The zero-order valence-electron chi connectivity index (χ0n) is 9.07. The number of hydrogen-bond acceptors (Lipinski definition) is 7. The SMILES string of the molecule is CCOC(=O)SC1O[C@@H](C)[C@H](O)[C@@H](O)[C@H]1O. The van der Waals surface area contributed by atoms with Crippen molar-refractivity contribution in [2.45, 2.75) is 43.7 Å². The van der Waals surface area contributed by atoms with Crippen molar-refractivity contribution >= 4 is 17.1 Å². The number of hydrogen-bond donors (Lipinski definition) is 3. The first-order chi connectivity index (χ1) is 7.47. The molecule has 0 aromatic heterocycles. The molecule has 0 aliphatic carbocycles. The van der Waals surface area contributed by atoms with E-state index in [4.69, 9.17) is 4.74 Å². The van der Waals surface area contributed by atoms with E-state index >= 15 is 0 Å². The molecule has 1 saturated heterocycles. The van der Waals surface area contributed by atoms with E-state index in [1.165, 1.54) is 0 Å². The van der Waals surface area contributed by atoms with Gasteiger partial charge >= 0.3 is 5.30 Å². The second kappa shape index (κ2) is 5.83. The van der Waals surface area contributed by atoms with E-state index in [1.54, 1.807) is 13.8 Å². The third-order valence-electron chi connectivity index (χ3n) is 2.28. The van der Waals surface area contributed by atoms with Gasteiger partial charge in [0.2, 0.25) is 0 Å². The van der Waals surface area contributed by atoms with Crippen LogP contribution in [0.2, 0.25) is 0 Å². The van der Waals surface area contributed by atoms with Gasteiger partial charge in [-0.15, -0.1) is 0 Å². The molecule has 5 atom stereocenters. The minimum atomic E-state index is -1.32. The quantitative estimate of drug-likeness (QED) is 0.581. The van der Waals surface area contributed by atoms with E-state index in [1.807, 2.05) is 0 Å². The van der Waals surface area contributed by atoms with Crippen LogP contribution in [-0.2, 0) is 9.47 Å². The van der Waals surface area contributed by atoms with E-state index in [2.05, 4.69) is 4.74 Å². The maximum atomic E-state index is 11.2. The van der Waals surface area contributed by atoms with Gasteiger partial charge in [-0.3, -0.25) is 0 Å². The van der Waals surface area contributed by atoms with Gasteiger partial charge in [-0.25, -0.2) is 4.79 Å². The molecule has 1 aliphatic heterocycles. The summed E-state index contributed by atoms with van der Waals surface area (Å²) in [7, 11) is 0. The van der Waals surface area contributed by atoms with E-state index in [9.17, 15) is 20.1 Å². The van der Waals surface area contributed by atoms with Crippen molar-refractivity contribution in [3.63, 3.8) is 0 Å². The largest absolute Gasteiger partial charge is 0.458 e. The lowest BCUT2D eigenvalue weighted by atomic mass is 10.0. The summed E-state index contributed by atoms with van der Waals surface area (Å²) in [5.41, 5.74) is -0.924. The summed E-state index contributed by atoms with van der Waals surface area (Å²) >= 11 is 0.658. The van der Waals surface area contributed by atoms with Gasteiger partial charge in [-0.1, -0.05) is 0 Å². The number of rotatable bonds is 2. The summed E-state index contributed by atoms with van der Waals surface area (Å²) in [4.78, 5) is 11.2. The van der Waals surface area contributed by atoms with Crippen LogP contribution in [0.1, 0.15) is 13.8 Å². The average molecular weight is 252 g/mol. The number of thioether (sulfide) groups is 1. The molecule has 1 fully saturated rings. The highest BCUT2D eigenvalue weighted by molar-refractivity contribution is 8.13. The van der Waals surface area contributed by atoms with Gasteiger partial charge in [0, 0.05) is 0 Å². The Balaban J connectivity index is 2.57. The second-order valence-corrected chi connectivity index (χ2v) is 4.52. The Bertz CT molecular complexity index is 248. The summed E-state index contributed by atoms with van der Waals surface area (Å²) in [6.45, 7) is 3.45. The zero-order chi connectivity index (χ0) is 12.3. The van der Waals surface area contributed by atoms with Gasteiger partial charge in [0.25, 0.3) is 0 Å². The molecule has 1 unspecified atom stereocenters. The molecule has 0 aromatic rings. The van der Waals surface area contributed by atoms with Crippen LogP contribution in [0.25, 0.3) is 0 Å². The Hall–Kier alpha value is -0.340. The van der Waals surface area contributed by atoms with Gasteiger partial charge in [0.05, 0.1) is 12.7 Å². The molecule has 6 nitrogen and oxygen atoms in total. The molecule has 1 rings (SSSR count). The van der Waals surface area contributed by atoms with Gasteiger partial charge in [0.15, 0.2) is 0 Å². The lowest BCUT2D eigenvalue weighted by Gasteiger charge is -2.38. The number of carbonyl (C=O) groups excluding carboxylic acids is 1. The summed E-state index contributed by atoms with van der Waals surface area (Å²) < 4.78 is 9.88. The first kappa shape index (κ1) is 13.7. The fraction of sp³-hybridized carbons (Fsp3) is 0.889. The standard InChI is InChI=1S/C9H16O6S/c1-3-14-9(13)16-8-7(12)6(11)5(10)4(2)15-8/h4-8,10-12H,3H2,1-2H3/t4-,5-,6+,7+,8?/m0/s1. The molecular formula is C9H16O6S. The van der Waals surface area contributed by atoms with Crippen LogP contribution in [0, 0.1) is 0 Å². The topological polar surface area (TPSA) is 96.2 Å². The van der Waals surface area contributed by atoms with Gasteiger partial charge in [0.1, 0.15) is 23.7 Å². The summed E-state index contributed by atoms with van der Waals surface area (Å²) in [5, 5.41) is 27.9. The normalized spacial score (nSPS) is 39.4. The van der Waals surface area contributed by atoms with Crippen LogP contribution in [0.3, 0.4) is 0 Å². The molecule has 0 aromatic carbocycles. The second-order valence-electron chi connectivity index (χ2n) is 3.48. The van der Waals surface area contributed by atoms with Crippen molar-refractivity contribution in [3.8, 4) is 0 Å². The van der Waals surface area contributed by atoms with E-state index in [0.29, 0.717) is 11.8 Å². The Morgan fingerprint density at radius 3 is 2.50 bits per heavy atom. The van der Waals surface area contributed by atoms with Crippen molar-refractivity contribution in [3.05, 3.63) is 0 Å². The number of aliphatic hydroxyl groups excluding tert-OH is 3. The van der Waals surface area contributed by atoms with Crippen LogP contribution in [0.4, 0.5) is 4.79 Å². The van der Waals surface area contributed by atoms with Crippen molar-refractivity contribution in [2.75, 3.05) is 6.61 Å². The highest BCUT2D eigenvalue weighted by Gasteiger charge is 2.43. The molecule has 0 saturated carbocycles. The molecule has 1 aliphatic rings. The molecular weight excluding hydrogens is 236 g/mol. The molecule has 1 heterocycles. The first-order valence-electron chi connectivity index (χ1n) is 5.00. The molecule has 0 radical (unpaired) electrons. The minimum absolute atomic E-state index is 0.232. The summed E-state index contributed by atoms with van der Waals surface area (Å²) in [6, 6.07) is 0. The molecule has 3 N–H and O–H groups in total. The van der Waals surface area contributed by atoms with Gasteiger partial charge in [-0.05, 0) is 25.6 Å². The minimum Gasteiger partial charge on any atom is -0.458 e. The van der Waals surface area contributed by atoms with Crippen molar-refractivity contribution < 1.29 is 29.6 Å². The third kappa shape index (κ3) is 3.08. The summed E-state index contributed by atoms with van der Waals surface area (Å²) in [5.74, 6) is 0. The fourth-order valence-electron chi connectivity index (χ4n) is 1.36. The zero-order valence-corrected chi connectivity index (χ0v) is 9.88. The number of carbonyl (C=O) groups is 1. The predicted octanol–water partition coefficient (Wildman–Crippen LogP) is -0.296. The van der Waals surface area contributed by atoms with Crippen LogP contribution in [0.15, 0.2) is 0 Å². The van der Waals surface area contributed by atoms with E-state index < -0.39 is 35.2 Å². The predicted molar refractivity (Wildman–Crippen MR) is 57.0 cm³/mol. The number of aliphatic hydroxyl groups is 3. The third-order valence-corrected chi connectivity index (χ3v) is 3.22. The van der Waals surface area contributed by atoms with Gasteiger partial charge < -0.3 is 24.8 Å². The monoisotopic (exact) mass is 252 g/mol. The molecule has 94 valence electrons. The molecule has 16 heavy (non-hydrogen) atoms. The van der Waals surface area contributed by atoms with Crippen LogP contribution in [0.5, 0.6) is 0 Å². The number of ether oxygens (including phenoxy) is 2. The van der Waals surface area contributed by atoms with Crippen molar-refractivity contribution in [1.29, 1.82) is 0 Å². The first-order valence-corrected chi connectivity index (χ1v) is 5.88. The van der Waals surface area contributed by atoms with Crippen LogP contribution in [-0.4, -0.2) is 57.1 Å². The van der Waals surface area contributed by atoms with Crippen molar-refractivity contribution in [1.82, 2.24) is 0 Å². The lowest BCUT2D eigenvalue weighted by Crippen LogP contribution is -2.55. The highest BCUT2D eigenvalue weighted by atomic mass is 32.2. The maximum absolute atomic E-state index is 11.2. The molecule has 7 heteroatoms. The Morgan fingerprint density at radius 1 is 1.31 bits per heavy atom. The van der Waals surface area contributed by atoms with Crippen molar-refractivity contribution in [2.24, 2.45) is 0 Å². The highest BCUT2D eigenvalue weighted by Crippen LogP contribution is 2.29. The lowest BCUT2D eigenvalue weighted by molar-refractivity contribution is -0.192. The fourth-order valence-corrected chi connectivity index (χ4v) is 2.26. The maximum Gasteiger partial charge on any atom is 0.369 e. The smallest absolute Gasteiger partial charge is 0.369 e. The Labute approximate surface area is 97.5 Å². The molecule has 0 bridgehead atoms. The Morgan fingerprint density at radius 2 is 1.94 bits per heavy atom. The van der Waals surface area contributed by atoms with E-state index in [0.717, 1.165) is 0 Å². The Kier molecular flexibility index (Phi) is 5.00. The molecule has 0 spiro atoms. The van der Waals surface area contributed by atoms with Crippen LogP contribution >= 0.6 is 11.8 Å². The average Bonchev–Trinajstić information content (AvgIpc) is 2.23. The van der Waals surface area contributed by atoms with Gasteiger partial charge in [-0.2, -0.15) is 0 Å². The molecule has 0 amide bonds. The summed E-state index contributed by atoms with van der Waals surface area (Å²) in [6.07, 6.45) is -4.45. The van der Waals surface area contributed by atoms with Crippen LogP contribution < -0.4 is 0 Å².